The highest BCUT2D eigenvalue weighted by molar-refractivity contribution is 5.85. The molecule has 0 aliphatic carbocycles. The minimum Gasteiger partial charge on any atom is -0.316 e. The molecule has 20 heavy (non-hydrogen) atoms. The van der Waals surface area contributed by atoms with Crippen LogP contribution in [0.1, 0.15) is 32.3 Å². The zero-order chi connectivity index (χ0) is 14.2. The van der Waals surface area contributed by atoms with E-state index in [9.17, 15) is 0 Å². The van der Waals surface area contributed by atoms with Crippen LogP contribution in [-0.2, 0) is 6.42 Å². The van der Waals surface area contributed by atoms with Gasteiger partial charge in [0.25, 0.3) is 0 Å². The predicted octanol–water partition coefficient (Wildman–Crippen LogP) is 4.72. The second-order valence-corrected chi connectivity index (χ2v) is 5.40. The fraction of sp³-hybridized carbons (Fsp3) is 0.368. The number of hydrogen-bond donors (Lipinski definition) is 1. The van der Waals surface area contributed by atoms with E-state index >= 15 is 0 Å². The Morgan fingerprint density at radius 3 is 2.70 bits per heavy atom. The Morgan fingerprint density at radius 2 is 1.85 bits per heavy atom. The summed E-state index contributed by atoms with van der Waals surface area (Å²) in [6, 6.07) is 15.2. The monoisotopic (exact) mass is 267 g/mol. The lowest BCUT2D eigenvalue weighted by molar-refractivity contribution is 0.677. The summed E-state index contributed by atoms with van der Waals surface area (Å²) in [5.41, 5.74) is 2.89. The normalized spacial score (nSPS) is 12.0. The van der Waals surface area contributed by atoms with Crippen molar-refractivity contribution in [3.05, 3.63) is 59.7 Å². The van der Waals surface area contributed by atoms with Crippen LogP contribution in [-0.4, -0.2) is 13.1 Å². The Balaban J connectivity index is 1.99. The molecule has 2 rings (SSSR count). The smallest absolute Gasteiger partial charge is 0.00142 e. The number of rotatable bonds is 7. The molecule has 0 aliphatic heterocycles. The molecule has 0 saturated carbocycles. The van der Waals surface area contributed by atoms with Gasteiger partial charge in [-0.05, 0) is 55.6 Å². The predicted molar refractivity (Wildman–Crippen MR) is 89.2 cm³/mol. The summed E-state index contributed by atoms with van der Waals surface area (Å²) in [5, 5.41) is 6.16. The van der Waals surface area contributed by atoms with Crippen molar-refractivity contribution in [2.45, 2.75) is 33.1 Å². The molecule has 1 heteroatoms. The van der Waals surface area contributed by atoms with Gasteiger partial charge in [0.2, 0.25) is 0 Å². The van der Waals surface area contributed by atoms with E-state index in [2.05, 4.69) is 67.7 Å². The van der Waals surface area contributed by atoms with Crippen LogP contribution in [0.3, 0.4) is 0 Å². The van der Waals surface area contributed by atoms with Crippen molar-refractivity contribution < 1.29 is 0 Å². The summed E-state index contributed by atoms with van der Waals surface area (Å²) in [4.78, 5) is 0. The van der Waals surface area contributed by atoms with E-state index in [1.807, 2.05) is 0 Å². The van der Waals surface area contributed by atoms with Gasteiger partial charge < -0.3 is 5.32 Å². The molecule has 0 atom stereocenters. The maximum atomic E-state index is 3.44. The summed E-state index contributed by atoms with van der Waals surface area (Å²) in [6.45, 7) is 6.65. The van der Waals surface area contributed by atoms with Crippen molar-refractivity contribution in [1.82, 2.24) is 5.32 Å². The van der Waals surface area contributed by atoms with Crippen LogP contribution in [0.5, 0.6) is 0 Å². The standard InChI is InChI=1S/C19H25N/c1-3-13-20-14-7-8-16(2)15-18-11-6-10-17-9-4-5-12-19(17)18/h4-6,8-12,20H,3,7,13-15H2,1-2H3. The van der Waals surface area contributed by atoms with Crippen molar-refractivity contribution in [1.29, 1.82) is 0 Å². The van der Waals surface area contributed by atoms with Gasteiger partial charge in [-0.2, -0.15) is 0 Å². The van der Waals surface area contributed by atoms with E-state index in [0.29, 0.717) is 0 Å². The highest BCUT2D eigenvalue weighted by Gasteiger charge is 2.00. The van der Waals surface area contributed by atoms with Crippen LogP contribution in [0.2, 0.25) is 0 Å². The summed E-state index contributed by atoms with van der Waals surface area (Å²) >= 11 is 0. The van der Waals surface area contributed by atoms with E-state index in [0.717, 1.165) is 25.9 Å². The molecule has 0 aliphatic rings. The molecular weight excluding hydrogens is 242 g/mol. The van der Waals surface area contributed by atoms with Crippen LogP contribution >= 0.6 is 0 Å². The number of hydrogen-bond acceptors (Lipinski definition) is 1. The van der Waals surface area contributed by atoms with Gasteiger partial charge >= 0.3 is 0 Å². The minimum atomic E-state index is 1.05. The largest absolute Gasteiger partial charge is 0.316 e. The Bertz CT molecular complexity index is 563. The summed E-state index contributed by atoms with van der Waals surface area (Å²) in [7, 11) is 0. The maximum absolute atomic E-state index is 3.44. The lowest BCUT2D eigenvalue weighted by Crippen LogP contribution is -2.15. The van der Waals surface area contributed by atoms with E-state index in [1.54, 1.807) is 0 Å². The average molecular weight is 267 g/mol. The second kappa shape index (κ2) is 7.86. The SMILES string of the molecule is CCCNCCC=C(C)Cc1cccc2ccccc12. The van der Waals surface area contributed by atoms with E-state index < -0.39 is 0 Å². The number of nitrogens with one attached hydrogen (secondary N) is 1. The molecule has 0 spiro atoms. The molecule has 1 N–H and O–H groups in total. The molecule has 0 aromatic heterocycles. The molecule has 0 bridgehead atoms. The third-order valence-electron chi connectivity index (χ3n) is 3.59. The average Bonchev–Trinajstić information content (AvgIpc) is 2.47. The van der Waals surface area contributed by atoms with Gasteiger partial charge in [-0.1, -0.05) is 61.0 Å². The third kappa shape index (κ3) is 4.21. The summed E-state index contributed by atoms with van der Waals surface area (Å²) < 4.78 is 0. The summed E-state index contributed by atoms with van der Waals surface area (Å²) in [6.07, 6.45) is 5.74. The first-order valence-corrected chi connectivity index (χ1v) is 7.64. The Morgan fingerprint density at radius 1 is 1.05 bits per heavy atom. The molecule has 106 valence electrons. The van der Waals surface area contributed by atoms with Gasteiger partial charge in [0.1, 0.15) is 0 Å². The van der Waals surface area contributed by atoms with Crippen LogP contribution < -0.4 is 5.32 Å². The molecule has 1 nitrogen and oxygen atoms in total. The molecule has 0 heterocycles. The zero-order valence-corrected chi connectivity index (χ0v) is 12.7. The molecule has 0 amide bonds. The number of allylic oxidation sites excluding steroid dienone is 1. The molecule has 0 fully saturated rings. The minimum absolute atomic E-state index is 1.05. The first-order valence-electron chi connectivity index (χ1n) is 7.64. The first-order chi connectivity index (χ1) is 9.81. The number of benzene rings is 2. The quantitative estimate of drug-likeness (QED) is 0.565. The van der Waals surface area contributed by atoms with Gasteiger partial charge in [-0.25, -0.2) is 0 Å². The van der Waals surface area contributed by atoms with Crippen molar-refractivity contribution in [2.24, 2.45) is 0 Å². The van der Waals surface area contributed by atoms with Gasteiger partial charge in [0, 0.05) is 0 Å². The van der Waals surface area contributed by atoms with Gasteiger partial charge in [-0.3, -0.25) is 0 Å². The Kier molecular flexibility index (Phi) is 5.82. The fourth-order valence-corrected chi connectivity index (χ4v) is 2.54. The van der Waals surface area contributed by atoms with Crippen LogP contribution in [0.15, 0.2) is 54.1 Å². The maximum Gasteiger partial charge on any atom is -0.00142 e. The van der Waals surface area contributed by atoms with Crippen molar-refractivity contribution in [2.75, 3.05) is 13.1 Å². The van der Waals surface area contributed by atoms with Gasteiger partial charge in [0.15, 0.2) is 0 Å². The Hall–Kier alpha value is -1.60. The molecular formula is C19H25N. The van der Waals surface area contributed by atoms with E-state index in [4.69, 9.17) is 0 Å². The lowest BCUT2D eigenvalue weighted by Gasteiger charge is -2.07. The number of fused-ring (bicyclic) bond motifs is 1. The molecule has 0 unspecified atom stereocenters. The van der Waals surface area contributed by atoms with Crippen molar-refractivity contribution in [3.63, 3.8) is 0 Å². The van der Waals surface area contributed by atoms with Crippen LogP contribution in [0.4, 0.5) is 0 Å². The highest BCUT2D eigenvalue weighted by Crippen LogP contribution is 2.21. The van der Waals surface area contributed by atoms with Crippen molar-refractivity contribution in [3.8, 4) is 0 Å². The third-order valence-corrected chi connectivity index (χ3v) is 3.59. The van der Waals surface area contributed by atoms with Gasteiger partial charge in [-0.15, -0.1) is 0 Å². The van der Waals surface area contributed by atoms with E-state index in [-0.39, 0.29) is 0 Å². The second-order valence-electron chi connectivity index (χ2n) is 5.40. The van der Waals surface area contributed by atoms with Crippen LogP contribution in [0, 0.1) is 0 Å². The topological polar surface area (TPSA) is 12.0 Å². The van der Waals surface area contributed by atoms with Crippen molar-refractivity contribution >= 4 is 10.8 Å². The molecule has 2 aromatic rings. The zero-order valence-electron chi connectivity index (χ0n) is 12.7. The van der Waals surface area contributed by atoms with E-state index in [1.165, 1.54) is 28.3 Å². The molecule has 2 aromatic carbocycles. The summed E-state index contributed by atoms with van der Waals surface area (Å²) in [5.74, 6) is 0. The fourth-order valence-electron chi connectivity index (χ4n) is 2.54. The van der Waals surface area contributed by atoms with Gasteiger partial charge in [0.05, 0.1) is 0 Å². The Labute approximate surface area is 122 Å². The molecule has 0 saturated heterocycles. The first kappa shape index (κ1) is 14.8. The molecule has 0 radical (unpaired) electrons. The lowest BCUT2D eigenvalue weighted by atomic mass is 9.99. The highest BCUT2D eigenvalue weighted by atomic mass is 14.8. The van der Waals surface area contributed by atoms with Crippen LogP contribution in [0.25, 0.3) is 10.8 Å².